The van der Waals surface area contributed by atoms with E-state index in [1.165, 1.54) is 19.3 Å². The van der Waals surface area contributed by atoms with Crippen LogP contribution in [0.25, 0.3) is 0 Å². The normalized spacial score (nSPS) is 47.9. The second-order valence-corrected chi connectivity index (χ2v) is 9.03. The molecule has 0 bridgehead atoms. The molecule has 6 atom stereocenters. The van der Waals surface area contributed by atoms with Gasteiger partial charge in [0, 0.05) is 0 Å². The van der Waals surface area contributed by atoms with Crippen LogP contribution in [-0.4, -0.2) is 11.1 Å². The first-order valence-corrected chi connectivity index (χ1v) is 9.21. The molecular formula is C20H32O2. The van der Waals surface area contributed by atoms with Crippen LogP contribution < -0.4 is 0 Å². The smallest absolute Gasteiger partial charge is 0.309 e. The maximum absolute atomic E-state index is 12.0. The number of hydrogen-bond donors (Lipinski definition) is 1. The predicted octanol–water partition coefficient (Wildman–Crippen LogP) is 5.14. The van der Waals surface area contributed by atoms with E-state index < -0.39 is 11.4 Å². The van der Waals surface area contributed by atoms with Gasteiger partial charge in [0.25, 0.3) is 0 Å². The van der Waals surface area contributed by atoms with Gasteiger partial charge >= 0.3 is 5.97 Å². The highest BCUT2D eigenvalue weighted by Crippen LogP contribution is 2.63. The molecule has 0 radical (unpaired) electrons. The summed E-state index contributed by atoms with van der Waals surface area (Å²) in [6, 6.07) is 0. The Morgan fingerprint density at radius 3 is 2.55 bits per heavy atom. The lowest BCUT2D eigenvalue weighted by molar-refractivity contribution is -0.168. The Kier molecular flexibility index (Phi) is 3.94. The van der Waals surface area contributed by atoms with E-state index in [4.69, 9.17) is 0 Å². The zero-order chi connectivity index (χ0) is 16.1. The first-order chi connectivity index (χ1) is 10.3. The molecular weight excluding hydrogens is 272 g/mol. The third-order valence-corrected chi connectivity index (χ3v) is 7.56. The van der Waals surface area contributed by atoms with Crippen molar-refractivity contribution in [2.75, 3.05) is 0 Å². The van der Waals surface area contributed by atoms with Gasteiger partial charge in [-0.25, -0.2) is 0 Å². The van der Waals surface area contributed by atoms with Crippen molar-refractivity contribution in [2.24, 2.45) is 40.4 Å². The van der Waals surface area contributed by atoms with Gasteiger partial charge in [0.05, 0.1) is 5.41 Å². The van der Waals surface area contributed by atoms with Gasteiger partial charge in [0.2, 0.25) is 0 Å². The number of fused-ring (bicyclic) bond motifs is 3. The Balaban J connectivity index is 1.93. The zero-order valence-corrected chi connectivity index (χ0v) is 14.6. The second kappa shape index (κ2) is 5.39. The number of rotatable bonds is 2. The highest BCUT2D eigenvalue weighted by molar-refractivity contribution is 5.75. The molecule has 3 aliphatic carbocycles. The quantitative estimate of drug-likeness (QED) is 0.717. The summed E-state index contributed by atoms with van der Waals surface area (Å²) in [5.41, 5.74) is -0.326. The Morgan fingerprint density at radius 1 is 1.18 bits per heavy atom. The number of allylic oxidation sites excluding steroid dienone is 2. The van der Waals surface area contributed by atoms with Crippen LogP contribution in [0.15, 0.2) is 12.2 Å². The van der Waals surface area contributed by atoms with Crippen molar-refractivity contribution in [2.45, 2.75) is 66.2 Å². The maximum Gasteiger partial charge on any atom is 0.309 e. The standard InChI is InChI=1S/C20H32O2/c1-13(2)14-6-8-16-15(12-14)7-9-17-19(16,3)10-5-11-20(17,4)18(21)22/h6,8,13-17H,5,7,9-12H2,1-4H3,(H,21,22)/t14?,15?,16?,17-,19-,20-/m1/s1. The van der Waals surface area contributed by atoms with Crippen LogP contribution in [0.1, 0.15) is 66.2 Å². The monoisotopic (exact) mass is 304 g/mol. The molecule has 0 saturated heterocycles. The van der Waals surface area contributed by atoms with Crippen molar-refractivity contribution in [1.82, 2.24) is 0 Å². The summed E-state index contributed by atoms with van der Waals surface area (Å²) in [6.45, 7) is 9.06. The van der Waals surface area contributed by atoms with Crippen LogP contribution in [0.4, 0.5) is 0 Å². The number of carboxylic acid groups (broad SMARTS) is 1. The lowest BCUT2D eigenvalue weighted by atomic mass is 9.44. The molecule has 0 aromatic carbocycles. The van der Waals surface area contributed by atoms with Gasteiger partial charge in [-0.3, -0.25) is 4.79 Å². The Bertz CT molecular complexity index is 480. The van der Waals surface area contributed by atoms with Crippen molar-refractivity contribution in [1.29, 1.82) is 0 Å². The first-order valence-electron chi connectivity index (χ1n) is 9.21. The number of carboxylic acids is 1. The average molecular weight is 304 g/mol. The fourth-order valence-corrected chi connectivity index (χ4v) is 6.14. The third kappa shape index (κ3) is 2.25. The van der Waals surface area contributed by atoms with Gasteiger partial charge in [-0.05, 0) is 74.0 Å². The highest BCUT2D eigenvalue weighted by Gasteiger charge is 2.58. The predicted molar refractivity (Wildman–Crippen MR) is 89.5 cm³/mol. The topological polar surface area (TPSA) is 37.3 Å². The summed E-state index contributed by atoms with van der Waals surface area (Å²) in [6.07, 6.45) is 11.7. The van der Waals surface area contributed by atoms with Gasteiger partial charge in [-0.2, -0.15) is 0 Å². The van der Waals surface area contributed by atoms with E-state index in [2.05, 4.69) is 32.9 Å². The molecule has 0 aromatic rings. The van der Waals surface area contributed by atoms with E-state index in [1.807, 2.05) is 6.92 Å². The molecule has 0 spiro atoms. The minimum atomic E-state index is -0.568. The van der Waals surface area contributed by atoms with Crippen LogP contribution in [-0.2, 0) is 4.79 Å². The van der Waals surface area contributed by atoms with Crippen LogP contribution in [0.2, 0.25) is 0 Å². The van der Waals surface area contributed by atoms with Crippen LogP contribution in [0.5, 0.6) is 0 Å². The zero-order valence-electron chi connectivity index (χ0n) is 14.6. The van der Waals surface area contributed by atoms with E-state index in [9.17, 15) is 9.90 Å². The highest BCUT2D eigenvalue weighted by atomic mass is 16.4. The molecule has 124 valence electrons. The molecule has 2 saturated carbocycles. The number of carbonyl (C=O) groups is 1. The molecule has 0 amide bonds. The fraction of sp³-hybridized carbons (Fsp3) is 0.850. The van der Waals surface area contributed by atoms with Gasteiger partial charge in [-0.15, -0.1) is 0 Å². The Hall–Kier alpha value is -0.790. The van der Waals surface area contributed by atoms with E-state index in [0.29, 0.717) is 11.8 Å². The van der Waals surface area contributed by atoms with Gasteiger partial charge in [0.15, 0.2) is 0 Å². The number of aliphatic carboxylic acids is 1. The van der Waals surface area contributed by atoms with E-state index in [1.54, 1.807) is 0 Å². The summed E-state index contributed by atoms with van der Waals surface area (Å²) < 4.78 is 0. The summed E-state index contributed by atoms with van der Waals surface area (Å²) in [7, 11) is 0. The second-order valence-electron chi connectivity index (χ2n) is 9.03. The van der Waals surface area contributed by atoms with E-state index in [0.717, 1.165) is 37.0 Å². The molecule has 2 nitrogen and oxygen atoms in total. The van der Waals surface area contributed by atoms with E-state index in [-0.39, 0.29) is 5.41 Å². The molecule has 2 fully saturated rings. The molecule has 0 aliphatic heterocycles. The molecule has 3 aliphatic rings. The van der Waals surface area contributed by atoms with Crippen molar-refractivity contribution in [3.05, 3.63) is 12.2 Å². The maximum atomic E-state index is 12.0. The van der Waals surface area contributed by atoms with Gasteiger partial charge in [-0.1, -0.05) is 39.3 Å². The summed E-state index contributed by atoms with van der Waals surface area (Å²) in [5, 5.41) is 9.84. The van der Waals surface area contributed by atoms with Crippen molar-refractivity contribution in [3.8, 4) is 0 Å². The van der Waals surface area contributed by atoms with Crippen LogP contribution >= 0.6 is 0 Å². The van der Waals surface area contributed by atoms with E-state index >= 15 is 0 Å². The van der Waals surface area contributed by atoms with Crippen molar-refractivity contribution >= 4 is 5.97 Å². The lowest BCUT2D eigenvalue weighted by Crippen LogP contribution is -2.55. The Morgan fingerprint density at radius 2 is 1.91 bits per heavy atom. The van der Waals surface area contributed by atoms with Gasteiger partial charge < -0.3 is 5.11 Å². The fourth-order valence-electron chi connectivity index (χ4n) is 6.14. The third-order valence-electron chi connectivity index (χ3n) is 7.56. The first kappa shape index (κ1) is 16.1. The lowest BCUT2D eigenvalue weighted by Gasteiger charge is -2.59. The minimum absolute atomic E-state index is 0.187. The SMILES string of the molecule is CC(C)C1C=CC2C(CC[C@H]3[C@](C)(C(=O)O)CCC[C@]23C)C1. The molecule has 22 heavy (non-hydrogen) atoms. The number of hydrogen-bond acceptors (Lipinski definition) is 1. The van der Waals surface area contributed by atoms with Crippen molar-refractivity contribution < 1.29 is 9.90 Å². The van der Waals surface area contributed by atoms with Crippen LogP contribution in [0.3, 0.4) is 0 Å². The molecule has 0 heterocycles. The molecule has 2 heteroatoms. The summed E-state index contributed by atoms with van der Waals surface area (Å²) >= 11 is 0. The average Bonchev–Trinajstić information content (AvgIpc) is 2.46. The Labute approximate surface area is 135 Å². The minimum Gasteiger partial charge on any atom is -0.481 e. The molecule has 3 rings (SSSR count). The largest absolute Gasteiger partial charge is 0.481 e. The summed E-state index contributed by atoms with van der Waals surface area (Å²) in [5.74, 6) is 2.58. The summed E-state index contributed by atoms with van der Waals surface area (Å²) in [4.78, 5) is 12.0. The molecule has 1 N–H and O–H groups in total. The van der Waals surface area contributed by atoms with Gasteiger partial charge in [0.1, 0.15) is 0 Å². The van der Waals surface area contributed by atoms with Crippen molar-refractivity contribution in [3.63, 3.8) is 0 Å². The molecule has 3 unspecified atom stereocenters. The van der Waals surface area contributed by atoms with Crippen LogP contribution in [0, 0.1) is 40.4 Å². The molecule has 0 aromatic heterocycles.